The molecule has 0 unspecified atom stereocenters. The van der Waals surface area contributed by atoms with Gasteiger partial charge in [0.1, 0.15) is 0 Å². The molecule has 2 N–H and O–H groups in total. The molecule has 0 amide bonds. The van der Waals surface area contributed by atoms with E-state index in [1.54, 1.807) is 11.8 Å². The fraction of sp³-hybridized carbons (Fsp3) is 0.400. The van der Waals surface area contributed by atoms with Crippen molar-refractivity contribution in [2.75, 3.05) is 5.08 Å². The van der Waals surface area contributed by atoms with E-state index in [4.69, 9.17) is 9.79 Å². The normalized spacial score (nSPS) is 12.8. The summed E-state index contributed by atoms with van der Waals surface area (Å²) in [4.78, 5) is 18.2. The molecule has 2 nitrogen and oxygen atoms in total. The lowest BCUT2D eigenvalue weighted by atomic mass is 10.0. The van der Waals surface area contributed by atoms with Crippen LogP contribution in [0.5, 0.6) is 0 Å². The highest BCUT2D eigenvalue weighted by Crippen LogP contribution is 2.53. The van der Waals surface area contributed by atoms with Crippen LogP contribution in [0.3, 0.4) is 0 Å². The maximum absolute atomic E-state index is 9.12. The highest BCUT2D eigenvalue weighted by Gasteiger charge is 2.21. The molecule has 90 valence electrons. The SMILES string of the molecule is CC(C)(SCSP(O)(O)=S)c1ccccc1. The molecule has 0 aromatic heterocycles. The summed E-state index contributed by atoms with van der Waals surface area (Å²) in [6.45, 7) is 4.23. The van der Waals surface area contributed by atoms with Crippen LogP contribution in [0.25, 0.3) is 0 Å². The van der Waals surface area contributed by atoms with E-state index in [2.05, 4.69) is 37.8 Å². The molecule has 0 aliphatic heterocycles. The van der Waals surface area contributed by atoms with Crippen LogP contribution in [0.4, 0.5) is 0 Å². The van der Waals surface area contributed by atoms with E-state index in [1.807, 2.05) is 18.2 Å². The van der Waals surface area contributed by atoms with Crippen LogP contribution in [0.1, 0.15) is 19.4 Å². The molecule has 16 heavy (non-hydrogen) atoms. The lowest BCUT2D eigenvalue weighted by Crippen LogP contribution is -2.11. The second kappa shape index (κ2) is 5.89. The number of hydrogen-bond acceptors (Lipinski definition) is 3. The average molecular weight is 294 g/mol. The van der Waals surface area contributed by atoms with Gasteiger partial charge >= 0.3 is 0 Å². The molecule has 0 aliphatic rings. The van der Waals surface area contributed by atoms with E-state index < -0.39 is 5.69 Å². The van der Waals surface area contributed by atoms with E-state index in [0.29, 0.717) is 5.08 Å². The predicted molar refractivity (Wildman–Crippen MR) is 78.2 cm³/mol. The standard InChI is InChI=1S/C10H15O2PS3/c1-10(2,9-6-4-3-5-7-9)15-8-16-13(11,12)14/h3-7H,8H2,1-2H3,(H2,11,12,14). The Morgan fingerprint density at radius 3 is 2.31 bits per heavy atom. The highest BCUT2D eigenvalue weighted by molar-refractivity contribution is 8.69. The largest absolute Gasteiger partial charge is 0.338 e. The highest BCUT2D eigenvalue weighted by atomic mass is 32.9. The first-order valence-electron chi connectivity index (χ1n) is 4.71. The van der Waals surface area contributed by atoms with Crippen LogP contribution in [0.15, 0.2) is 30.3 Å². The Bertz CT molecular complexity index is 375. The first kappa shape index (κ1) is 14.6. The Labute approximate surface area is 110 Å². The van der Waals surface area contributed by atoms with Gasteiger partial charge in [0, 0.05) is 9.83 Å². The van der Waals surface area contributed by atoms with Crippen LogP contribution < -0.4 is 0 Å². The molecule has 1 rings (SSSR count). The van der Waals surface area contributed by atoms with Crippen molar-refractivity contribution in [2.24, 2.45) is 0 Å². The molecule has 1 aromatic carbocycles. The van der Waals surface area contributed by atoms with Crippen molar-refractivity contribution in [3.63, 3.8) is 0 Å². The molecule has 0 fully saturated rings. The van der Waals surface area contributed by atoms with Gasteiger partial charge < -0.3 is 9.79 Å². The molecule has 6 heteroatoms. The summed E-state index contributed by atoms with van der Waals surface area (Å²) in [5.74, 6) is 0. The Balaban J connectivity index is 2.56. The molecule has 0 spiro atoms. The minimum absolute atomic E-state index is 0.0429. The number of rotatable bonds is 5. The Kier molecular flexibility index (Phi) is 5.36. The zero-order valence-corrected chi connectivity index (χ0v) is 12.5. The Morgan fingerprint density at radius 2 is 1.81 bits per heavy atom. The summed E-state index contributed by atoms with van der Waals surface area (Å²) in [6, 6.07) is 10.2. The van der Waals surface area contributed by atoms with E-state index >= 15 is 0 Å². The Hall–Kier alpha value is 0.490. The molecule has 0 saturated carbocycles. The summed E-state index contributed by atoms with van der Waals surface area (Å²) in [6.07, 6.45) is 0. The number of thioether (sulfide) groups is 1. The summed E-state index contributed by atoms with van der Waals surface area (Å²) < 4.78 is -0.0429. The summed E-state index contributed by atoms with van der Waals surface area (Å²) in [5.41, 5.74) is -1.89. The van der Waals surface area contributed by atoms with Crippen molar-refractivity contribution in [1.82, 2.24) is 0 Å². The topological polar surface area (TPSA) is 40.5 Å². The molecular weight excluding hydrogens is 279 g/mol. The van der Waals surface area contributed by atoms with Crippen molar-refractivity contribution in [2.45, 2.75) is 18.6 Å². The van der Waals surface area contributed by atoms with Crippen molar-refractivity contribution in [3.05, 3.63) is 35.9 Å². The molecule has 0 atom stereocenters. The molecule has 1 aromatic rings. The first-order chi connectivity index (χ1) is 7.31. The molecule has 0 heterocycles. The van der Waals surface area contributed by atoms with E-state index in [9.17, 15) is 0 Å². The van der Waals surface area contributed by atoms with Gasteiger partial charge in [-0.3, -0.25) is 0 Å². The van der Waals surface area contributed by atoms with Gasteiger partial charge in [-0.05, 0) is 31.2 Å². The smallest absolute Gasteiger partial charge is 0.242 e. The van der Waals surface area contributed by atoms with Crippen LogP contribution in [-0.2, 0) is 16.6 Å². The zero-order chi connectivity index (χ0) is 12.2. The Morgan fingerprint density at radius 1 is 1.25 bits per heavy atom. The van der Waals surface area contributed by atoms with E-state index in [1.165, 1.54) is 5.56 Å². The third-order valence-electron chi connectivity index (χ3n) is 2.11. The van der Waals surface area contributed by atoms with Crippen LogP contribution in [0, 0.1) is 0 Å². The van der Waals surface area contributed by atoms with Crippen molar-refractivity contribution in [3.8, 4) is 0 Å². The maximum Gasteiger partial charge on any atom is 0.242 e. The predicted octanol–water partition coefficient (Wildman–Crippen LogP) is 3.55. The van der Waals surface area contributed by atoms with Gasteiger partial charge in [-0.2, -0.15) is 0 Å². The third-order valence-corrected chi connectivity index (χ3v) is 7.20. The number of benzene rings is 1. The molecule has 0 bridgehead atoms. The second-order valence-corrected chi connectivity index (χ2v) is 11.8. The summed E-state index contributed by atoms with van der Waals surface area (Å²) in [5, 5.41) is 0.589. The summed E-state index contributed by atoms with van der Waals surface area (Å²) >= 11 is 7.28. The minimum atomic E-state index is -3.11. The molecule has 0 radical (unpaired) electrons. The van der Waals surface area contributed by atoms with E-state index in [0.717, 1.165) is 11.4 Å². The number of hydrogen-bond donors (Lipinski definition) is 2. The maximum atomic E-state index is 9.12. The minimum Gasteiger partial charge on any atom is -0.338 e. The first-order valence-corrected chi connectivity index (χ1v) is 9.99. The summed E-state index contributed by atoms with van der Waals surface area (Å²) in [7, 11) is 0. The van der Waals surface area contributed by atoms with Gasteiger partial charge in [0.25, 0.3) is 0 Å². The third kappa shape index (κ3) is 5.21. The van der Waals surface area contributed by atoms with Gasteiger partial charge in [0.05, 0.1) is 0 Å². The van der Waals surface area contributed by atoms with Crippen molar-refractivity contribution in [1.29, 1.82) is 0 Å². The van der Waals surface area contributed by atoms with Crippen LogP contribution in [0.2, 0.25) is 0 Å². The quantitative estimate of drug-likeness (QED) is 0.642. The molecule has 0 saturated heterocycles. The van der Waals surface area contributed by atoms with Gasteiger partial charge in [-0.25, -0.2) is 0 Å². The van der Waals surface area contributed by atoms with Crippen molar-refractivity contribution >= 4 is 40.6 Å². The lowest BCUT2D eigenvalue weighted by Gasteiger charge is -2.24. The monoisotopic (exact) mass is 294 g/mol. The lowest BCUT2D eigenvalue weighted by molar-refractivity contribution is 0.502. The van der Waals surface area contributed by atoms with Gasteiger partial charge in [0.15, 0.2) is 0 Å². The second-order valence-electron chi connectivity index (χ2n) is 3.76. The van der Waals surface area contributed by atoms with Crippen LogP contribution in [-0.4, -0.2) is 14.9 Å². The van der Waals surface area contributed by atoms with Crippen LogP contribution >= 0.6 is 28.8 Å². The fourth-order valence-electron chi connectivity index (χ4n) is 1.17. The zero-order valence-electron chi connectivity index (χ0n) is 9.16. The molecule has 0 aliphatic carbocycles. The van der Waals surface area contributed by atoms with E-state index in [-0.39, 0.29) is 4.75 Å². The van der Waals surface area contributed by atoms with Gasteiger partial charge in [-0.1, -0.05) is 41.7 Å². The fourth-order valence-corrected chi connectivity index (χ4v) is 6.28. The average Bonchev–Trinajstić information content (AvgIpc) is 2.17. The van der Waals surface area contributed by atoms with Crippen molar-refractivity contribution < 1.29 is 9.79 Å². The molecular formula is C10H15O2PS3. The van der Waals surface area contributed by atoms with Gasteiger partial charge in [0.2, 0.25) is 5.69 Å². The van der Waals surface area contributed by atoms with Gasteiger partial charge in [-0.15, -0.1) is 11.8 Å².